The van der Waals surface area contributed by atoms with E-state index in [2.05, 4.69) is 24.5 Å². The van der Waals surface area contributed by atoms with E-state index < -0.39 is 5.41 Å². The first-order valence-corrected chi connectivity index (χ1v) is 9.11. The molecular weight excluding hydrogens is 347 g/mol. The van der Waals surface area contributed by atoms with Gasteiger partial charge in [0.2, 0.25) is 11.8 Å². The molecule has 2 N–H and O–H groups in total. The molecule has 24 heavy (non-hydrogen) atoms. The van der Waals surface area contributed by atoms with Gasteiger partial charge in [-0.05, 0) is 49.3 Å². The molecule has 0 radical (unpaired) electrons. The summed E-state index contributed by atoms with van der Waals surface area (Å²) in [4.78, 5) is 24.6. The van der Waals surface area contributed by atoms with Crippen LogP contribution in [0.25, 0.3) is 0 Å². The molecule has 0 unspecified atom stereocenters. The summed E-state index contributed by atoms with van der Waals surface area (Å²) in [6, 6.07) is 5.31. The Morgan fingerprint density at radius 2 is 1.75 bits per heavy atom. The fraction of sp³-hybridized carbons (Fsp3) is 0.556. The number of halogens is 2. The lowest BCUT2D eigenvalue weighted by Gasteiger charge is -2.16. The van der Waals surface area contributed by atoms with E-state index >= 15 is 0 Å². The minimum atomic E-state index is -0.860. The smallest absolute Gasteiger partial charge is 0.235 e. The predicted octanol–water partition coefficient (Wildman–Crippen LogP) is 3.59. The molecule has 2 amide bonds. The normalized spacial score (nSPS) is 15.2. The van der Waals surface area contributed by atoms with Crippen molar-refractivity contribution < 1.29 is 9.59 Å². The molecule has 0 aromatic heterocycles. The van der Waals surface area contributed by atoms with Crippen molar-refractivity contribution in [3.63, 3.8) is 0 Å². The summed E-state index contributed by atoms with van der Waals surface area (Å²) >= 11 is 12.0. The van der Waals surface area contributed by atoms with Gasteiger partial charge in [0.15, 0.2) is 0 Å². The molecule has 0 atom stereocenters. The molecule has 2 rings (SSSR count). The first-order valence-electron chi connectivity index (χ1n) is 8.35. The van der Waals surface area contributed by atoms with Crippen LogP contribution in [0, 0.1) is 11.3 Å². The summed E-state index contributed by atoms with van der Waals surface area (Å²) < 4.78 is 0. The number of rotatable bonds is 8. The molecule has 1 saturated carbocycles. The summed E-state index contributed by atoms with van der Waals surface area (Å²) in [5, 5.41) is 6.92. The second-order valence-electron chi connectivity index (χ2n) is 6.76. The maximum Gasteiger partial charge on any atom is 0.235 e. The summed E-state index contributed by atoms with van der Waals surface area (Å²) in [5.74, 6) is 0.193. The zero-order valence-corrected chi connectivity index (χ0v) is 15.6. The van der Waals surface area contributed by atoms with E-state index in [9.17, 15) is 9.59 Å². The largest absolute Gasteiger partial charge is 0.355 e. The molecule has 132 valence electrons. The average Bonchev–Trinajstić information content (AvgIpc) is 3.30. The van der Waals surface area contributed by atoms with Gasteiger partial charge in [0.25, 0.3) is 0 Å². The van der Waals surface area contributed by atoms with E-state index in [4.69, 9.17) is 23.2 Å². The van der Waals surface area contributed by atoms with E-state index in [-0.39, 0.29) is 11.8 Å². The second-order valence-corrected chi connectivity index (χ2v) is 7.61. The number of nitrogens with one attached hydrogen (secondary N) is 2. The molecule has 0 bridgehead atoms. The fourth-order valence-corrected chi connectivity index (χ4v) is 3.03. The number of hydrogen-bond acceptors (Lipinski definition) is 2. The Bertz CT molecular complexity index is 613. The Morgan fingerprint density at radius 1 is 1.12 bits per heavy atom. The highest BCUT2D eigenvalue weighted by atomic mass is 35.5. The van der Waals surface area contributed by atoms with Gasteiger partial charge < -0.3 is 10.6 Å². The Morgan fingerprint density at radius 3 is 2.29 bits per heavy atom. The van der Waals surface area contributed by atoms with Crippen LogP contribution in [0.1, 0.15) is 38.7 Å². The Labute approximate surface area is 153 Å². The molecule has 1 aliphatic rings. The Kier molecular flexibility index (Phi) is 6.53. The number of hydrogen-bond donors (Lipinski definition) is 2. The molecule has 1 fully saturated rings. The van der Waals surface area contributed by atoms with Gasteiger partial charge in [-0.15, -0.1) is 0 Å². The fourth-order valence-electron chi connectivity index (χ4n) is 2.53. The number of benzene rings is 1. The van der Waals surface area contributed by atoms with E-state index in [1.165, 1.54) is 0 Å². The van der Waals surface area contributed by atoms with E-state index in [1.54, 1.807) is 12.1 Å². The number of amides is 2. The second kappa shape index (κ2) is 8.21. The van der Waals surface area contributed by atoms with Crippen molar-refractivity contribution in [2.75, 3.05) is 13.1 Å². The van der Waals surface area contributed by atoms with Crippen LogP contribution in [0.4, 0.5) is 0 Å². The number of carbonyl (C=O) groups is 2. The molecule has 1 aliphatic carbocycles. The average molecular weight is 371 g/mol. The van der Waals surface area contributed by atoms with Gasteiger partial charge in [-0.25, -0.2) is 0 Å². The molecule has 0 saturated heterocycles. The van der Waals surface area contributed by atoms with E-state index in [1.807, 2.05) is 6.07 Å². The van der Waals surface area contributed by atoms with Crippen LogP contribution >= 0.6 is 23.2 Å². The SMILES string of the molecule is CC(C)CCNC(=O)C1(C(=O)NCCc2ccc(Cl)cc2Cl)CC1. The molecule has 1 aromatic rings. The lowest BCUT2D eigenvalue weighted by molar-refractivity contribution is -0.137. The number of carbonyl (C=O) groups excluding carboxylic acids is 2. The van der Waals surface area contributed by atoms with Gasteiger partial charge in [-0.1, -0.05) is 43.1 Å². The molecule has 0 heterocycles. The van der Waals surface area contributed by atoms with Crippen LogP contribution in [-0.4, -0.2) is 24.9 Å². The third kappa shape index (κ3) is 4.87. The Balaban J connectivity index is 1.80. The minimum absolute atomic E-state index is 0.148. The lowest BCUT2D eigenvalue weighted by atomic mass is 10.0. The highest BCUT2D eigenvalue weighted by Crippen LogP contribution is 2.46. The van der Waals surface area contributed by atoms with Crippen LogP contribution < -0.4 is 10.6 Å². The zero-order chi connectivity index (χ0) is 17.7. The Hall–Kier alpha value is -1.26. The van der Waals surface area contributed by atoms with Crippen LogP contribution in [-0.2, 0) is 16.0 Å². The van der Waals surface area contributed by atoms with Crippen molar-refractivity contribution >= 4 is 35.0 Å². The van der Waals surface area contributed by atoms with Crippen LogP contribution in [0.5, 0.6) is 0 Å². The summed E-state index contributed by atoms with van der Waals surface area (Å²) in [6.07, 6.45) is 2.76. The van der Waals surface area contributed by atoms with Gasteiger partial charge >= 0.3 is 0 Å². The molecular formula is C18H24Cl2N2O2. The van der Waals surface area contributed by atoms with Gasteiger partial charge in [0.05, 0.1) is 0 Å². The first-order chi connectivity index (χ1) is 11.3. The topological polar surface area (TPSA) is 58.2 Å². The maximum absolute atomic E-state index is 12.4. The standard InChI is InChI=1S/C18H24Cl2N2O2/c1-12(2)5-9-21-16(23)18(7-8-18)17(24)22-10-6-13-3-4-14(19)11-15(13)20/h3-4,11-12H,5-10H2,1-2H3,(H,21,23)(H,22,24). The molecule has 0 spiro atoms. The molecule has 6 heteroatoms. The van der Waals surface area contributed by atoms with E-state index in [0.717, 1.165) is 12.0 Å². The van der Waals surface area contributed by atoms with Crippen molar-refractivity contribution in [2.24, 2.45) is 11.3 Å². The highest BCUT2D eigenvalue weighted by Gasteiger charge is 2.56. The van der Waals surface area contributed by atoms with Crippen LogP contribution in [0.3, 0.4) is 0 Å². The van der Waals surface area contributed by atoms with Gasteiger partial charge in [0, 0.05) is 23.1 Å². The zero-order valence-electron chi connectivity index (χ0n) is 14.1. The summed E-state index contributed by atoms with van der Waals surface area (Å²) in [7, 11) is 0. The minimum Gasteiger partial charge on any atom is -0.355 e. The molecule has 4 nitrogen and oxygen atoms in total. The third-order valence-electron chi connectivity index (χ3n) is 4.32. The van der Waals surface area contributed by atoms with Gasteiger partial charge in [-0.2, -0.15) is 0 Å². The van der Waals surface area contributed by atoms with Gasteiger partial charge in [0.1, 0.15) is 5.41 Å². The highest BCUT2D eigenvalue weighted by molar-refractivity contribution is 6.35. The lowest BCUT2D eigenvalue weighted by Crippen LogP contribution is -2.44. The van der Waals surface area contributed by atoms with Crippen LogP contribution in [0.15, 0.2) is 18.2 Å². The van der Waals surface area contributed by atoms with Crippen molar-refractivity contribution in [3.8, 4) is 0 Å². The van der Waals surface area contributed by atoms with Crippen LogP contribution in [0.2, 0.25) is 10.0 Å². The quantitative estimate of drug-likeness (QED) is 0.686. The third-order valence-corrected chi connectivity index (χ3v) is 4.91. The predicted molar refractivity (Wildman–Crippen MR) is 97.3 cm³/mol. The van der Waals surface area contributed by atoms with Crippen molar-refractivity contribution in [1.82, 2.24) is 10.6 Å². The molecule has 0 aliphatic heterocycles. The first kappa shape index (κ1) is 19.1. The summed E-state index contributed by atoms with van der Waals surface area (Å²) in [6.45, 7) is 5.27. The maximum atomic E-state index is 12.4. The van der Waals surface area contributed by atoms with Crippen molar-refractivity contribution in [3.05, 3.63) is 33.8 Å². The van der Waals surface area contributed by atoms with E-state index in [0.29, 0.717) is 48.3 Å². The molecule has 1 aromatic carbocycles. The van der Waals surface area contributed by atoms with Crippen molar-refractivity contribution in [2.45, 2.75) is 39.5 Å². The summed E-state index contributed by atoms with van der Waals surface area (Å²) in [5.41, 5.74) is 0.0634. The van der Waals surface area contributed by atoms with Crippen molar-refractivity contribution in [1.29, 1.82) is 0 Å². The van der Waals surface area contributed by atoms with Gasteiger partial charge in [-0.3, -0.25) is 9.59 Å². The monoisotopic (exact) mass is 370 g/mol.